The van der Waals surface area contributed by atoms with Crippen molar-refractivity contribution in [1.29, 1.82) is 0 Å². The highest BCUT2D eigenvalue weighted by molar-refractivity contribution is 7.17. The highest BCUT2D eigenvalue weighted by atomic mass is 32.1. The Morgan fingerprint density at radius 3 is 2.95 bits per heavy atom. The van der Waals surface area contributed by atoms with Crippen LogP contribution >= 0.6 is 22.7 Å². The fraction of sp³-hybridized carbons (Fsp3) is 0.308. The summed E-state index contributed by atoms with van der Waals surface area (Å²) >= 11 is 2.94. The number of amides is 1. The summed E-state index contributed by atoms with van der Waals surface area (Å²) in [5.41, 5.74) is 1.02. The van der Waals surface area contributed by atoms with Crippen LogP contribution in [-0.4, -0.2) is 40.0 Å². The molecule has 104 valence electrons. The molecule has 0 radical (unpaired) electrons. The van der Waals surface area contributed by atoms with Gasteiger partial charge in [0.1, 0.15) is 9.88 Å². The highest BCUT2D eigenvalue weighted by Crippen LogP contribution is 2.28. The largest absolute Gasteiger partial charge is 0.481 e. The molecule has 1 amide bonds. The lowest BCUT2D eigenvalue weighted by Gasteiger charge is -2.13. The quantitative estimate of drug-likeness (QED) is 0.945. The van der Waals surface area contributed by atoms with E-state index < -0.39 is 11.9 Å². The van der Waals surface area contributed by atoms with Gasteiger partial charge in [-0.25, -0.2) is 4.98 Å². The summed E-state index contributed by atoms with van der Waals surface area (Å²) < 4.78 is 0. The Morgan fingerprint density at radius 1 is 1.45 bits per heavy atom. The van der Waals surface area contributed by atoms with Crippen molar-refractivity contribution < 1.29 is 14.7 Å². The van der Waals surface area contributed by atoms with Gasteiger partial charge in [0.2, 0.25) is 0 Å². The van der Waals surface area contributed by atoms with Crippen LogP contribution < -0.4 is 0 Å². The van der Waals surface area contributed by atoms with E-state index in [9.17, 15) is 9.59 Å². The number of thiazole rings is 1. The molecule has 1 fully saturated rings. The number of hydrogen-bond acceptors (Lipinski definition) is 5. The Kier molecular flexibility index (Phi) is 3.54. The van der Waals surface area contributed by atoms with Gasteiger partial charge in [-0.05, 0) is 17.9 Å². The fourth-order valence-electron chi connectivity index (χ4n) is 2.19. The number of carboxylic acids is 1. The van der Waals surface area contributed by atoms with Crippen LogP contribution in [-0.2, 0) is 4.79 Å². The Labute approximate surface area is 123 Å². The molecule has 0 aromatic carbocycles. The second-order valence-corrected chi connectivity index (χ2v) is 6.43. The molecule has 0 saturated carbocycles. The van der Waals surface area contributed by atoms with Crippen LogP contribution in [0.1, 0.15) is 16.1 Å². The number of aliphatic carboxylic acids is 1. The van der Waals surface area contributed by atoms with Gasteiger partial charge < -0.3 is 10.0 Å². The van der Waals surface area contributed by atoms with Gasteiger partial charge >= 0.3 is 5.97 Å². The van der Waals surface area contributed by atoms with Crippen molar-refractivity contribution in [3.8, 4) is 10.6 Å². The van der Waals surface area contributed by atoms with Gasteiger partial charge in [-0.1, -0.05) is 0 Å². The zero-order chi connectivity index (χ0) is 14.1. The van der Waals surface area contributed by atoms with Crippen LogP contribution in [0.2, 0.25) is 0 Å². The van der Waals surface area contributed by atoms with E-state index in [2.05, 4.69) is 4.98 Å². The average Bonchev–Trinajstić information content (AvgIpc) is 3.17. The number of nitrogens with zero attached hydrogens (tertiary/aromatic N) is 2. The van der Waals surface area contributed by atoms with E-state index in [1.165, 1.54) is 11.3 Å². The fourth-order valence-corrected chi connectivity index (χ4v) is 3.79. The summed E-state index contributed by atoms with van der Waals surface area (Å²) in [6.07, 6.45) is 2.10. The monoisotopic (exact) mass is 308 g/mol. The molecule has 1 atom stereocenters. The molecule has 2 aromatic heterocycles. The molecule has 1 N–H and O–H groups in total. The molecule has 3 rings (SSSR count). The van der Waals surface area contributed by atoms with Crippen molar-refractivity contribution in [3.63, 3.8) is 0 Å². The summed E-state index contributed by atoms with van der Waals surface area (Å²) in [7, 11) is 0. The molecule has 0 spiro atoms. The van der Waals surface area contributed by atoms with Crippen molar-refractivity contribution in [1.82, 2.24) is 9.88 Å². The van der Waals surface area contributed by atoms with Crippen molar-refractivity contribution >= 4 is 34.6 Å². The molecular formula is C13H12N2O3S2. The first-order valence-electron chi connectivity index (χ1n) is 6.15. The molecular weight excluding hydrogens is 296 g/mol. The molecule has 1 saturated heterocycles. The lowest BCUT2D eigenvalue weighted by atomic mass is 10.1. The van der Waals surface area contributed by atoms with E-state index in [4.69, 9.17) is 5.11 Å². The van der Waals surface area contributed by atoms with Crippen molar-refractivity contribution in [2.45, 2.75) is 6.42 Å². The van der Waals surface area contributed by atoms with Crippen molar-refractivity contribution in [2.24, 2.45) is 5.92 Å². The van der Waals surface area contributed by atoms with Crippen molar-refractivity contribution in [2.75, 3.05) is 13.1 Å². The van der Waals surface area contributed by atoms with Crippen LogP contribution in [0.15, 0.2) is 23.0 Å². The molecule has 5 nitrogen and oxygen atoms in total. The predicted molar refractivity (Wildman–Crippen MR) is 77.1 cm³/mol. The van der Waals surface area contributed by atoms with E-state index in [1.54, 1.807) is 22.4 Å². The molecule has 20 heavy (non-hydrogen) atoms. The van der Waals surface area contributed by atoms with Gasteiger partial charge in [0.15, 0.2) is 0 Å². The zero-order valence-electron chi connectivity index (χ0n) is 10.5. The van der Waals surface area contributed by atoms with Gasteiger partial charge in [0.25, 0.3) is 5.91 Å². The number of rotatable bonds is 3. The van der Waals surface area contributed by atoms with E-state index in [0.29, 0.717) is 24.4 Å². The third-order valence-corrected chi connectivity index (χ3v) is 5.03. The molecule has 0 aliphatic carbocycles. The topological polar surface area (TPSA) is 70.5 Å². The Balaban J connectivity index is 1.74. The van der Waals surface area contributed by atoms with E-state index in [1.807, 2.05) is 16.8 Å². The summed E-state index contributed by atoms with van der Waals surface area (Å²) in [6, 6.07) is 1.97. The SMILES string of the molecule is O=C(O)[C@H]1CCN(C(=O)c2cnc(-c3ccsc3)s2)C1. The number of likely N-dealkylation sites (tertiary alicyclic amines) is 1. The Hall–Kier alpha value is -1.73. The van der Waals surface area contributed by atoms with Crippen LogP contribution in [0.4, 0.5) is 0 Å². The lowest BCUT2D eigenvalue weighted by molar-refractivity contribution is -0.141. The second-order valence-electron chi connectivity index (χ2n) is 4.62. The second kappa shape index (κ2) is 5.34. The minimum Gasteiger partial charge on any atom is -0.481 e. The van der Waals surface area contributed by atoms with Gasteiger partial charge in [-0.3, -0.25) is 9.59 Å². The zero-order valence-corrected chi connectivity index (χ0v) is 12.1. The van der Waals surface area contributed by atoms with Crippen LogP contribution in [0.25, 0.3) is 10.6 Å². The minimum atomic E-state index is -0.830. The third-order valence-electron chi connectivity index (χ3n) is 3.31. The molecule has 7 heteroatoms. The summed E-state index contributed by atoms with van der Waals surface area (Å²) in [5.74, 6) is -1.39. The van der Waals surface area contributed by atoms with E-state index in [-0.39, 0.29) is 5.91 Å². The lowest BCUT2D eigenvalue weighted by Crippen LogP contribution is -2.29. The molecule has 1 aliphatic heterocycles. The number of carbonyl (C=O) groups excluding carboxylic acids is 1. The smallest absolute Gasteiger partial charge is 0.308 e. The molecule has 2 aromatic rings. The maximum Gasteiger partial charge on any atom is 0.308 e. The molecule has 0 unspecified atom stereocenters. The summed E-state index contributed by atoms with van der Waals surface area (Å²) in [6.45, 7) is 0.793. The first-order chi connectivity index (χ1) is 9.65. The third kappa shape index (κ3) is 2.46. The summed E-state index contributed by atoms with van der Waals surface area (Å²) in [4.78, 5) is 29.7. The molecule has 3 heterocycles. The normalized spacial score (nSPS) is 18.4. The van der Waals surface area contributed by atoms with E-state index in [0.717, 1.165) is 10.6 Å². The first kappa shape index (κ1) is 13.3. The van der Waals surface area contributed by atoms with Crippen molar-refractivity contribution in [3.05, 3.63) is 27.9 Å². The molecule has 1 aliphatic rings. The number of carboxylic acid groups (broad SMARTS) is 1. The maximum atomic E-state index is 12.3. The molecule has 0 bridgehead atoms. The van der Waals surface area contributed by atoms with Crippen LogP contribution in [0.3, 0.4) is 0 Å². The predicted octanol–water partition coefficient (Wildman–Crippen LogP) is 2.42. The Morgan fingerprint density at radius 2 is 2.30 bits per heavy atom. The first-order valence-corrected chi connectivity index (χ1v) is 7.91. The maximum absolute atomic E-state index is 12.3. The minimum absolute atomic E-state index is 0.118. The standard InChI is InChI=1S/C13H12N2O3S2/c16-12(15-3-1-8(6-15)13(17)18)10-5-14-11(20-10)9-2-4-19-7-9/h2,4-5,7-8H,1,3,6H2,(H,17,18)/t8-/m0/s1. The van der Waals surface area contributed by atoms with Crippen LogP contribution in [0.5, 0.6) is 0 Å². The van der Waals surface area contributed by atoms with Crippen LogP contribution in [0, 0.1) is 5.92 Å². The number of carbonyl (C=O) groups is 2. The highest BCUT2D eigenvalue weighted by Gasteiger charge is 2.32. The number of hydrogen-bond donors (Lipinski definition) is 1. The van der Waals surface area contributed by atoms with Gasteiger partial charge in [-0.15, -0.1) is 11.3 Å². The van der Waals surface area contributed by atoms with Gasteiger partial charge in [0.05, 0.1) is 12.1 Å². The van der Waals surface area contributed by atoms with Gasteiger partial charge in [-0.2, -0.15) is 11.3 Å². The van der Waals surface area contributed by atoms with Gasteiger partial charge in [0, 0.05) is 24.0 Å². The number of thiophene rings is 1. The Bertz CT molecular complexity index is 636. The number of aromatic nitrogens is 1. The van der Waals surface area contributed by atoms with E-state index >= 15 is 0 Å². The average molecular weight is 308 g/mol. The summed E-state index contributed by atoms with van der Waals surface area (Å²) in [5, 5.41) is 13.7.